The Balaban J connectivity index is 1.44. The zero-order chi connectivity index (χ0) is 23.8. The third-order valence-electron chi connectivity index (χ3n) is 6.31. The number of nitrogens with one attached hydrogen (secondary N) is 1. The summed E-state index contributed by atoms with van der Waals surface area (Å²) in [4.78, 5) is 23.2. The van der Waals surface area contributed by atoms with E-state index in [0.29, 0.717) is 17.4 Å². The van der Waals surface area contributed by atoms with Crippen molar-refractivity contribution in [3.63, 3.8) is 0 Å². The van der Waals surface area contributed by atoms with Gasteiger partial charge in [-0.2, -0.15) is 0 Å². The number of aromatic nitrogens is 2. The van der Waals surface area contributed by atoms with E-state index in [1.54, 1.807) is 6.07 Å². The van der Waals surface area contributed by atoms with Crippen molar-refractivity contribution in [2.75, 3.05) is 5.32 Å². The van der Waals surface area contributed by atoms with E-state index in [4.69, 9.17) is 9.47 Å². The van der Waals surface area contributed by atoms with Crippen molar-refractivity contribution < 1.29 is 18.7 Å². The monoisotopic (exact) mass is 456 g/mol. The van der Waals surface area contributed by atoms with Gasteiger partial charge >= 0.3 is 6.09 Å². The first-order valence-corrected chi connectivity index (χ1v) is 11.7. The standard InChI is InChI=1S/C25H33FN4O3/c1-6-16-7-10-21(20(26)11-16)29-22-15(2)23(28-14-27-22)32-19-12-17-8-9-18(13-19)30(17)24(31)33-25(3,4)5/h7,10-11,14,17-19H,6,8-9,12-13H2,1-5H3,(H,27,28,29). The van der Waals surface area contributed by atoms with Gasteiger partial charge < -0.3 is 19.7 Å². The highest BCUT2D eigenvalue weighted by Gasteiger charge is 2.45. The highest BCUT2D eigenvalue weighted by atomic mass is 19.1. The Kier molecular flexibility index (Phi) is 6.45. The molecule has 178 valence electrons. The molecule has 2 atom stereocenters. The van der Waals surface area contributed by atoms with Gasteiger partial charge in [-0.05, 0) is 64.7 Å². The Morgan fingerprint density at radius 3 is 2.52 bits per heavy atom. The van der Waals surface area contributed by atoms with Crippen LogP contribution < -0.4 is 10.1 Å². The molecule has 7 nitrogen and oxygen atoms in total. The molecule has 1 aromatic carbocycles. The minimum Gasteiger partial charge on any atom is -0.474 e. The fourth-order valence-electron chi connectivity index (χ4n) is 4.68. The Bertz CT molecular complexity index is 1010. The molecule has 2 saturated heterocycles. The number of carbonyl (C=O) groups is 1. The first-order chi connectivity index (χ1) is 15.6. The zero-order valence-corrected chi connectivity index (χ0v) is 20.0. The number of hydrogen-bond acceptors (Lipinski definition) is 6. The molecule has 0 radical (unpaired) electrons. The second-order valence-corrected chi connectivity index (χ2v) is 9.93. The Hall–Kier alpha value is -2.90. The SMILES string of the molecule is CCc1ccc(Nc2ncnc(OC3CC4CCC(C3)N4C(=O)OC(C)(C)C)c2C)c(F)c1. The minimum atomic E-state index is -0.512. The average Bonchev–Trinajstić information content (AvgIpc) is 3.02. The van der Waals surface area contributed by atoms with Crippen LogP contribution in [-0.2, 0) is 11.2 Å². The first kappa shape index (κ1) is 23.3. The summed E-state index contributed by atoms with van der Waals surface area (Å²) in [6.07, 6.45) is 5.27. The van der Waals surface area contributed by atoms with E-state index in [2.05, 4.69) is 15.3 Å². The minimum absolute atomic E-state index is 0.0526. The van der Waals surface area contributed by atoms with Gasteiger partial charge in [-0.1, -0.05) is 13.0 Å². The Labute approximate surface area is 194 Å². The van der Waals surface area contributed by atoms with Crippen LogP contribution in [0.2, 0.25) is 0 Å². The van der Waals surface area contributed by atoms with Gasteiger partial charge in [0.05, 0.1) is 11.3 Å². The van der Waals surface area contributed by atoms with Gasteiger partial charge in [0.1, 0.15) is 29.7 Å². The average molecular weight is 457 g/mol. The van der Waals surface area contributed by atoms with E-state index >= 15 is 0 Å². The van der Waals surface area contributed by atoms with Crippen LogP contribution in [0.5, 0.6) is 5.88 Å². The number of carbonyl (C=O) groups excluding carboxylic acids is 1. The number of amides is 1. The lowest BCUT2D eigenvalue weighted by atomic mass is 10.00. The molecule has 3 heterocycles. The molecule has 1 amide bonds. The number of halogens is 1. The number of fused-ring (bicyclic) bond motifs is 2. The molecule has 4 rings (SSSR count). The van der Waals surface area contributed by atoms with Crippen LogP contribution in [0.3, 0.4) is 0 Å². The summed E-state index contributed by atoms with van der Waals surface area (Å²) in [5.41, 5.74) is 1.51. The predicted molar refractivity (Wildman–Crippen MR) is 124 cm³/mol. The molecule has 1 aromatic heterocycles. The molecule has 2 unspecified atom stereocenters. The fraction of sp³-hybridized carbons (Fsp3) is 0.560. The summed E-state index contributed by atoms with van der Waals surface area (Å²) < 4.78 is 26.3. The summed E-state index contributed by atoms with van der Waals surface area (Å²) in [6, 6.07) is 5.36. The van der Waals surface area contributed by atoms with Gasteiger partial charge in [-0.3, -0.25) is 0 Å². The fourth-order valence-corrected chi connectivity index (χ4v) is 4.68. The number of benzene rings is 1. The molecule has 8 heteroatoms. The quantitative estimate of drug-likeness (QED) is 0.637. The van der Waals surface area contributed by atoms with Gasteiger partial charge in [0.15, 0.2) is 0 Å². The van der Waals surface area contributed by atoms with Crippen molar-refractivity contribution >= 4 is 17.6 Å². The van der Waals surface area contributed by atoms with Crippen LogP contribution in [0.1, 0.15) is 64.5 Å². The van der Waals surface area contributed by atoms with E-state index < -0.39 is 5.60 Å². The van der Waals surface area contributed by atoms with E-state index in [0.717, 1.165) is 43.2 Å². The molecule has 0 aliphatic carbocycles. The van der Waals surface area contributed by atoms with E-state index in [9.17, 15) is 9.18 Å². The van der Waals surface area contributed by atoms with Gasteiger partial charge in [0.25, 0.3) is 0 Å². The topological polar surface area (TPSA) is 76.6 Å². The smallest absolute Gasteiger partial charge is 0.410 e. The molecule has 0 spiro atoms. The summed E-state index contributed by atoms with van der Waals surface area (Å²) in [5, 5.41) is 3.07. The maximum absolute atomic E-state index is 14.4. The van der Waals surface area contributed by atoms with Gasteiger partial charge in [0, 0.05) is 24.9 Å². The summed E-state index contributed by atoms with van der Waals surface area (Å²) in [6.45, 7) is 9.51. The van der Waals surface area contributed by atoms with Crippen LogP contribution in [0.25, 0.3) is 0 Å². The summed E-state index contributed by atoms with van der Waals surface area (Å²) in [7, 11) is 0. The molecule has 2 aliphatic rings. The van der Waals surface area contributed by atoms with Crippen LogP contribution in [0, 0.1) is 12.7 Å². The van der Waals surface area contributed by atoms with Crippen LogP contribution in [0.4, 0.5) is 20.7 Å². The third-order valence-corrected chi connectivity index (χ3v) is 6.31. The molecule has 33 heavy (non-hydrogen) atoms. The second-order valence-electron chi connectivity index (χ2n) is 9.93. The molecular weight excluding hydrogens is 423 g/mol. The van der Waals surface area contributed by atoms with Crippen molar-refractivity contribution in [2.45, 2.75) is 90.5 Å². The number of ether oxygens (including phenoxy) is 2. The zero-order valence-electron chi connectivity index (χ0n) is 20.0. The van der Waals surface area contributed by atoms with Crippen LogP contribution >= 0.6 is 0 Å². The second kappa shape index (κ2) is 9.15. The third kappa shape index (κ3) is 5.20. The van der Waals surface area contributed by atoms with Crippen LogP contribution in [-0.4, -0.2) is 44.7 Å². The summed E-state index contributed by atoms with van der Waals surface area (Å²) in [5.74, 6) is 0.673. The molecule has 2 bridgehead atoms. The van der Waals surface area contributed by atoms with E-state index in [1.165, 1.54) is 12.4 Å². The van der Waals surface area contributed by atoms with E-state index in [-0.39, 0.29) is 30.1 Å². The highest BCUT2D eigenvalue weighted by Crippen LogP contribution is 2.38. The van der Waals surface area contributed by atoms with Crippen molar-refractivity contribution in [3.8, 4) is 5.88 Å². The van der Waals surface area contributed by atoms with Gasteiger partial charge in [-0.15, -0.1) is 0 Å². The number of nitrogens with zero attached hydrogens (tertiary/aromatic N) is 3. The maximum Gasteiger partial charge on any atom is 0.410 e. The predicted octanol–water partition coefficient (Wildman–Crippen LogP) is 5.54. The molecule has 2 fully saturated rings. The number of hydrogen-bond donors (Lipinski definition) is 1. The van der Waals surface area contributed by atoms with Crippen molar-refractivity contribution in [1.29, 1.82) is 0 Å². The number of rotatable bonds is 5. The normalized spacial score (nSPS) is 22.2. The van der Waals surface area contributed by atoms with Gasteiger partial charge in [-0.25, -0.2) is 19.2 Å². The molecule has 2 aliphatic heterocycles. The molecule has 2 aromatic rings. The van der Waals surface area contributed by atoms with Crippen LogP contribution in [0.15, 0.2) is 24.5 Å². The molecular formula is C25H33FN4O3. The Morgan fingerprint density at radius 2 is 1.91 bits per heavy atom. The first-order valence-electron chi connectivity index (χ1n) is 11.7. The molecule has 1 N–H and O–H groups in total. The number of anilines is 2. The largest absolute Gasteiger partial charge is 0.474 e. The van der Waals surface area contributed by atoms with Crippen molar-refractivity contribution in [3.05, 3.63) is 41.5 Å². The number of piperidine rings is 1. The van der Waals surface area contributed by atoms with E-state index in [1.807, 2.05) is 45.6 Å². The Morgan fingerprint density at radius 1 is 1.21 bits per heavy atom. The lowest BCUT2D eigenvalue weighted by Crippen LogP contribution is -2.50. The highest BCUT2D eigenvalue weighted by molar-refractivity contribution is 5.69. The number of aryl methyl sites for hydroxylation is 1. The summed E-state index contributed by atoms with van der Waals surface area (Å²) >= 11 is 0. The lowest BCUT2D eigenvalue weighted by molar-refractivity contribution is -0.00769. The molecule has 0 saturated carbocycles. The maximum atomic E-state index is 14.4. The van der Waals surface area contributed by atoms with Crippen molar-refractivity contribution in [1.82, 2.24) is 14.9 Å². The van der Waals surface area contributed by atoms with Gasteiger partial charge in [0.2, 0.25) is 5.88 Å². The lowest BCUT2D eigenvalue weighted by Gasteiger charge is -2.39. The van der Waals surface area contributed by atoms with Crippen molar-refractivity contribution in [2.24, 2.45) is 0 Å².